The summed E-state index contributed by atoms with van der Waals surface area (Å²) in [6, 6.07) is 5.34. The molecule has 11 heteroatoms. The standard InChI is InChI=1S/C19H14F5N3O3/c1-18(11-4-7-13(20)14(21)8-11)16(29)27(17(30)26-18)9-15(28)25-12-5-2-10(3-6-12)19(22,23)24/h2-8H,9H2,1H3,(H,25,28)(H,26,30). The second-order valence-electron chi connectivity index (χ2n) is 6.70. The third-order valence-electron chi connectivity index (χ3n) is 4.57. The van der Waals surface area contributed by atoms with E-state index in [1.54, 1.807) is 0 Å². The van der Waals surface area contributed by atoms with E-state index in [4.69, 9.17) is 0 Å². The molecular weight excluding hydrogens is 413 g/mol. The highest BCUT2D eigenvalue weighted by Gasteiger charge is 2.49. The summed E-state index contributed by atoms with van der Waals surface area (Å²) in [5.41, 5.74) is -2.62. The largest absolute Gasteiger partial charge is 0.416 e. The van der Waals surface area contributed by atoms with Gasteiger partial charge in [0.05, 0.1) is 5.56 Å². The zero-order valence-corrected chi connectivity index (χ0v) is 15.3. The number of alkyl halides is 3. The first kappa shape index (κ1) is 21.2. The Morgan fingerprint density at radius 1 is 1.07 bits per heavy atom. The lowest BCUT2D eigenvalue weighted by molar-refractivity contribution is -0.137. The number of hydrogen-bond donors (Lipinski definition) is 2. The van der Waals surface area contributed by atoms with Crippen LogP contribution in [0.25, 0.3) is 0 Å². The van der Waals surface area contributed by atoms with Crippen LogP contribution in [0.15, 0.2) is 42.5 Å². The number of imide groups is 1. The summed E-state index contributed by atoms with van der Waals surface area (Å²) in [6.07, 6.45) is -4.53. The molecule has 158 valence electrons. The fourth-order valence-corrected chi connectivity index (χ4v) is 2.93. The van der Waals surface area contributed by atoms with Gasteiger partial charge in [-0.3, -0.25) is 14.5 Å². The minimum atomic E-state index is -4.53. The van der Waals surface area contributed by atoms with Crippen molar-refractivity contribution in [3.63, 3.8) is 0 Å². The first-order valence-corrected chi connectivity index (χ1v) is 8.48. The zero-order chi connectivity index (χ0) is 22.3. The summed E-state index contributed by atoms with van der Waals surface area (Å²) in [7, 11) is 0. The fraction of sp³-hybridized carbons (Fsp3) is 0.211. The minimum absolute atomic E-state index is 0.0228. The van der Waals surface area contributed by atoms with Crippen molar-refractivity contribution in [1.29, 1.82) is 0 Å². The molecule has 1 aliphatic rings. The van der Waals surface area contributed by atoms with Gasteiger partial charge in [-0.05, 0) is 48.9 Å². The second kappa shape index (κ2) is 7.39. The number of anilines is 1. The molecule has 1 atom stereocenters. The SMILES string of the molecule is CC1(c2ccc(F)c(F)c2)NC(=O)N(CC(=O)Nc2ccc(C(F)(F)F)cc2)C1=O. The molecule has 4 amide bonds. The van der Waals surface area contributed by atoms with Crippen LogP contribution in [0.5, 0.6) is 0 Å². The summed E-state index contributed by atoms with van der Waals surface area (Å²) in [4.78, 5) is 37.6. The molecule has 2 N–H and O–H groups in total. The van der Waals surface area contributed by atoms with Crippen LogP contribution >= 0.6 is 0 Å². The number of urea groups is 1. The van der Waals surface area contributed by atoms with Gasteiger partial charge in [-0.15, -0.1) is 0 Å². The maximum absolute atomic E-state index is 13.5. The van der Waals surface area contributed by atoms with Crippen LogP contribution < -0.4 is 10.6 Å². The van der Waals surface area contributed by atoms with Crippen molar-refractivity contribution in [2.24, 2.45) is 0 Å². The van der Waals surface area contributed by atoms with Gasteiger partial charge >= 0.3 is 12.2 Å². The van der Waals surface area contributed by atoms with Gasteiger partial charge in [0.2, 0.25) is 5.91 Å². The summed E-state index contributed by atoms with van der Waals surface area (Å²) in [6.45, 7) is 0.540. The molecule has 1 aliphatic heterocycles. The lowest BCUT2D eigenvalue weighted by Crippen LogP contribution is -2.42. The summed E-state index contributed by atoms with van der Waals surface area (Å²) >= 11 is 0. The van der Waals surface area contributed by atoms with E-state index in [1.165, 1.54) is 6.92 Å². The Bertz CT molecular complexity index is 1020. The van der Waals surface area contributed by atoms with Gasteiger partial charge in [0.1, 0.15) is 12.1 Å². The Labute approximate surface area is 166 Å². The third kappa shape index (κ3) is 3.95. The van der Waals surface area contributed by atoms with E-state index in [0.29, 0.717) is 4.90 Å². The summed E-state index contributed by atoms with van der Waals surface area (Å²) in [5, 5.41) is 4.61. The average molecular weight is 427 g/mol. The van der Waals surface area contributed by atoms with E-state index >= 15 is 0 Å². The molecule has 30 heavy (non-hydrogen) atoms. The van der Waals surface area contributed by atoms with Gasteiger partial charge in [-0.2, -0.15) is 13.2 Å². The molecule has 1 fully saturated rings. The number of benzene rings is 2. The van der Waals surface area contributed by atoms with Gasteiger partial charge in [0, 0.05) is 5.69 Å². The molecular formula is C19H14F5N3O3. The van der Waals surface area contributed by atoms with Gasteiger partial charge in [-0.1, -0.05) is 6.07 Å². The van der Waals surface area contributed by atoms with E-state index in [0.717, 1.165) is 42.5 Å². The number of amides is 4. The first-order chi connectivity index (χ1) is 13.9. The fourth-order valence-electron chi connectivity index (χ4n) is 2.93. The van der Waals surface area contributed by atoms with Gasteiger partial charge < -0.3 is 10.6 Å². The van der Waals surface area contributed by atoms with E-state index in [9.17, 15) is 36.3 Å². The Balaban J connectivity index is 1.72. The van der Waals surface area contributed by atoms with Crippen molar-refractivity contribution in [2.45, 2.75) is 18.6 Å². The monoisotopic (exact) mass is 427 g/mol. The van der Waals surface area contributed by atoms with E-state index in [2.05, 4.69) is 10.6 Å². The van der Waals surface area contributed by atoms with Crippen molar-refractivity contribution in [3.8, 4) is 0 Å². The highest BCUT2D eigenvalue weighted by Crippen LogP contribution is 2.31. The van der Waals surface area contributed by atoms with E-state index in [-0.39, 0.29) is 11.3 Å². The van der Waals surface area contributed by atoms with Crippen LogP contribution in [0.1, 0.15) is 18.1 Å². The van der Waals surface area contributed by atoms with Gasteiger partial charge in [0.25, 0.3) is 5.91 Å². The maximum atomic E-state index is 13.5. The van der Waals surface area contributed by atoms with Crippen molar-refractivity contribution < 1.29 is 36.3 Å². The quantitative estimate of drug-likeness (QED) is 0.580. The summed E-state index contributed by atoms with van der Waals surface area (Å²) < 4.78 is 64.4. The van der Waals surface area contributed by atoms with Crippen LogP contribution in [0, 0.1) is 11.6 Å². The highest BCUT2D eigenvalue weighted by atomic mass is 19.4. The average Bonchev–Trinajstić information content (AvgIpc) is 2.87. The van der Waals surface area contributed by atoms with Crippen LogP contribution in [0.4, 0.5) is 32.4 Å². The Hall–Kier alpha value is -3.50. The molecule has 2 aromatic carbocycles. The predicted octanol–water partition coefficient (Wildman–Crippen LogP) is 3.39. The topological polar surface area (TPSA) is 78.5 Å². The molecule has 0 radical (unpaired) electrons. The lowest BCUT2D eigenvalue weighted by atomic mass is 9.92. The Kier molecular flexibility index (Phi) is 5.23. The molecule has 0 aliphatic carbocycles. The molecule has 6 nitrogen and oxygen atoms in total. The van der Waals surface area contributed by atoms with E-state index in [1.807, 2.05) is 0 Å². The molecule has 3 rings (SSSR count). The molecule has 2 aromatic rings. The normalized spacial score (nSPS) is 19.1. The maximum Gasteiger partial charge on any atom is 0.416 e. The molecule has 0 aromatic heterocycles. The Morgan fingerprint density at radius 3 is 2.27 bits per heavy atom. The van der Waals surface area contributed by atoms with Crippen molar-refractivity contribution in [3.05, 3.63) is 65.2 Å². The molecule has 0 spiro atoms. The molecule has 1 heterocycles. The zero-order valence-electron chi connectivity index (χ0n) is 15.3. The Morgan fingerprint density at radius 2 is 1.70 bits per heavy atom. The smallest absolute Gasteiger partial charge is 0.325 e. The van der Waals surface area contributed by atoms with Gasteiger partial charge in [0.15, 0.2) is 11.6 Å². The van der Waals surface area contributed by atoms with Gasteiger partial charge in [-0.25, -0.2) is 13.6 Å². The van der Waals surface area contributed by atoms with Crippen molar-refractivity contribution in [2.75, 3.05) is 11.9 Å². The van der Waals surface area contributed by atoms with Crippen LogP contribution in [-0.4, -0.2) is 29.3 Å². The number of carbonyl (C=O) groups is 3. The number of nitrogens with zero attached hydrogens (tertiary/aromatic N) is 1. The predicted molar refractivity (Wildman–Crippen MR) is 94.0 cm³/mol. The number of hydrogen-bond acceptors (Lipinski definition) is 3. The van der Waals surface area contributed by atoms with Crippen LogP contribution in [0.2, 0.25) is 0 Å². The third-order valence-corrected chi connectivity index (χ3v) is 4.57. The molecule has 0 saturated carbocycles. The highest BCUT2D eigenvalue weighted by molar-refractivity contribution is 6.10. The van der Waals surface area contributed by atoms with E-state index < -0.39 is 53.3 Å². The number of nitrogens with one attached hydrogen (secondary N) is 2. The van der Waals surface area contributed by atoms with Crippen molar-refractivity contribution >= 4 is 23.5 Å². The number of halogens is 5. The minimum Gasteiger partial charge on any atom is -0.325 e. The number of rotatable bonds is 4. The lowest BCUT2D eigenvalue weighted by Gasteiger charge is -2.22. The molecule has 1 saturated heterocycles. The summed E-state index contributed by atoms with van der Waals surface area (Å²) in [5.74, 6) is -4.06. The first-order valence-electron chi connectivity index (χ1n) is 8.48. The number of carbonyl (C=O) groups excluding carboxylic acids is 3. The second-order valence-corrected chi connectivity index (χ2v) is 6.70. The van der Waals surface area contributed by atoms with Crippen LogP contribution in [0.3, 0.4) is 0 Å². The van der Waals surface area contributed by atoms with Crippen LogP contribution in [-0.2, 0) is 21.3 Å². The van der Waals surface area contributed by atoms with Crippen molar-refractivity contribution in [1.82, 2.24) is 10.2 Å². The molecule has 0 bridgehead atoms. The molecule has 1 unspecified atom stereocenters.